The normalized spacial score (nSPS) is 38.9. The molecule has 2 amide bonds. The maximum absolute atomic E-state index is 14.3. The second-order valence-corrected chi connectivity index (χ2v) is 13.5. The Bertz CT molecular complexity index is 720. The van der Waals surface area contributed by atoms with Crippen LogP contribution in [0.3, 0.4) is 0 Å². The summed E-state index contributed by atoms with van der Waals surface area (Å²) in [6, 6.07) is 0. The molecular formula is C22H40N2O4S. The molecule has 4 unspecified atom stereocenters. The van der Waals surface area contributed by atoms with E-state index in [2.05, 4.69) is 0 Å². The summed E-state index contributed by atoms with van der Waals surface area (Å²) >= 11 is 0. The van der Waals surface area contributed by atoms with E-state index in [1.807, 2.05) is 41.5 Å². The summed E-state index contributed by atoms with van der Waals surface area (Å²) in [5, 5.41) is 0. The van der Waals surface area contributed by atoms with Gasteiger partial charge in [0.15, 0.2) is 19.3 Å². The summed E-state index contributed by atoms with van der Waals surface area (Å²) in [5.41, 5.74) is 11.0. The number of amides is 2. The van der Waals surface area contributed by atoms with Gasteiger partial charge in [-0.1, -0.05) is 54.4 Å². The molecular weight excluding hydrogens is 388 g/mol. The number of sulfone groups is 1. The van der Waals surface area contributed by atoms with Gasteiger partial charge < -0.3 is 11.5 Å². The Balaban J connectivity index is 2.69. The fourth-order valence-corrected chi connectivity index (χ4v) is 8.86. The van der Waals surface area contributed by atoms with Gasteiger partial charge in [-0.05, 0) is 61.2 Å². The van der Waals surface area contributed by atoms with Crippen LogP contribution in [0.25, 0.3) is 0 Å². The standard InChI is InChI=1S/C22H40N2O4S/c1-15(2)19(5)9-7-11-21(13-19,17(23)25)29(27,28)22(18(24)26)12-8-10-20(6,14-22)16(3)4/h15-16H,7-14H2,1-6H3,(H2,23,25)(H2,24,26). The van der Waals surface area contributed by atoms with E-state index in [9.17, 15) is 18.0 Å². The first-order valence-electron chi connectivity index (χ1n) is 10.9. The van der Waals surface area contributed by atoms with Gasteiger partial charge in [-0.3, -0.25) is 9.59 Å². The Labute approximate surface area is 176 Å². The molecule has 0 aromatic rings. The van der Waals surface area contributed by atoms with Crippen LogP contribution in [-0.2, 0) is 19.4 Å². The third-order valence-corrected chi connectivity index (χ3v) is 11.9. The Morgan fingerprint density at radius 1 is 0.724 bits per heavy atom. The van der Waals surface area contributed by atoms with E-state index >= 15 is 0 Å². The number of carbonyl (C=O) groups excluding carboxylic acids is 2. The minimum atomic E-state index is -4.27. The van der Waals surface area contributed by atoms with Gasteiger partial charge in [-0.2, -0.15) is 0 Å². The molecule has 2 saturated carbocycles. The molecule has 7 heteroatoms. The van der Waals surface area contributed by atoms with Crippen molar-refractivity contribution >= 4 is 21.7 Å². The maximum atomic E-state index is 14.3. The van der Waals surface area contributed by atoms with Gasteiger partial charge in [0.25, 0.3) is 0 Å². The average Bonchev–Trinajstić information content (AvgIpc) is 2.60. The number of carbonyl (C=O) groups is 2. The van der Waals surface area contributed by atoms with Gasteiger partial charge in [0.05, 0.1) is 0 Å². The number of nitrogens with two attached hydrogens (primary N) is 2. The van der Waals surface area contributed by atoms with Crippen LogP contribution in [0.2, 0.25) is 0 Å². The highest BCUT2D eigenvalue weighted by Crippen LogP contribution is 2.56. The van der Waals surface area contributed by atoms with E-state index in [1.54, 1.807) is 0 Å². The van der Waals surface area contributed by atoms with Crippen molar-refractivity contribution in [2.75, 3.05) is 0 Å². The predicted molar refractivity (Wildman–Crippen MR) is 116 cm³/mol. The lowest BCUT2D eigenvalue weighted by atomic mass is 9.64. The van der Waals surface area contributed by atoms with E-state index in [0.29, 0.717) is 12.8 Å². The van der Waals surface area contributed by atoms with Crippen molar-refractivity contribution in [1.29, 1.82) is 0 Å². The minimum Gasteiger partial charge on any atom is -0.368 e. The fourth-order valence-electron chi connectivity index (χ4n) is 5.72. The van der Waals surface area contributed by atoms with Gasteiger partial charge in [0.1, 0.15) is 0 Å². The van der Waals surface area contributed by atoms with Crippen LogP contribution < -0.4 is 11.5 Å². The lowest BCUT2D eigenvalue weighted by Crippen LogP contribution is -2.67. The van der Waals surface area contributed by atoms with E-state index in [-0.39, 0.29) is 48.3 Å². The molecule has 0 bridgehead atoms. The molecule has 2 rings (SSSR count). The van der Waals surface area contributed by atoms with Crippen molar-refractivity contribution in [3.05, 3.63) is 0 Å². The van der Waals surface area contributed by atoms with Crippen LogP contribution in [0, 0.1) is 22.7 Å². The second kappa shape index (κ2) is 7.54. The molecule has 4 N–H and O–H groups in total. The van der Waals surface area contributed by atoms with Gasteiger partial charge in [0.2, 0.25) is 11.8 Å². The first-order chi connectivity index (χ1) is 13.1. The van der Waals surface area contributed by atoms with E-state index in [0.717, 1.165) is 12.8 Å². The van der Waals surface area contributed by atoms with Gasteiger partial charge in [0, 0.05) is 0 Å². The van der Waals surface area contributed by atoms with Crippen molar-refractivity contribution in [3.63, 3.8) is 0 Å². The van der Waals surface area contributed by atoms with Gasteiger partial charge in [-0.15, -0.1) is 0 Å². The highest BCUT2D eigenvalue weighted by atomic mass is 32.2. The monoisotopic (exact) mass is 428 g/mol. The van der Waals surface area contributed by atoms with Crippen LogP contribution in [0.4, 0.5) is 0 Å². The summed E-state index contributed by atoms with van der Waals surface area (Å²) in [4.78, 5) is 25.7. The van der Waals surface area contributed by atoms with E-state index in [4.69, 9.17) is 11.5 Å². The molecule has 4 atom stereocenters. The lowest BCUT2D eigenvalue weighted by Gasteiger charge is -2.52. The molecule has 0 radical (unpaired) electrons. The number of hydrogen-bond donors (Lipinski definition) is 2. The SMILES string of the molecule is CC(C)C1(C)CCCC(C(N)=O)(S(=O)(=O)C2(C(N)=O)CCCC(C)(C(C)C)C2)C1. The largest absolute Gasteiger partial charge is 0.368 e. The van der Waals surface area contributed by atoms with Crippen molar-refractivity contribution < 1.29 is 18.0 Å². The van der Waals surface area contributed by atoms with Crippen LogP contribution in [0.15, 0.2) is 0 Å². The minimum absolute atomic E-state index is 0.156. The Kier molecular flexibility index (Phi) is 6.28. The third-order valence-electron chi connectivity index (χ3n) is 8.75. The van der Waals surface area contributed by atoms with E-state index < -0.39 is 31.1 Å². The van der Waals surface area contributed by atoms with Crippen LogP contribution in [-0.4, -0.2) is 29.7 Å². The Morgan fingerprint density at radius 3 is 1.28 bits per heavy atom. The molecule has 168 valence electrons. The molecule has 2 fully saturated rings. The number of rotatable bonds is 6. The molecule has 29 heavy (non-hydrogen) atoms. The molecule has 0 aliphatic heterocycles. The van der Waals surface area contributed by atoms with Crippen LogP contribution >= 0.6 is 0 Å². The summed E-state index contributed by atoms with van der Waals surface area (Å²) in [6.45, 7) is 12.2. The summed E-state index contributed by atoms with van der Waals surface area (Å²) in [7, 11) is -4.27. The van der Waals surface area contributed by atoms with E-state index in [1.165, 1.54) is 0 Å². The summed E-state index contributed by atoms with van der Waals surface area (Å²) in [6.07, 6.45) is 3.50. The lowest BCUT2D eigenvalue weighted by molar-refractivity contribution is -0.123. The van der Waals surface area contributed by atoms with Crippen molar-refractivity contribution in [2.24, 2.45) is 34.1 Å². The number of primary amides is 2. The second-order valence-electron chi connectivity index (χ2n) is 10.9. The maximum Gasteiger partial charge on any atom is 0.238 e. The predicted octanol–water partition coefficient (Wildman–Crippen LogP) is 3.32. The molecule has 6 nitrogen and oxygen atoms in total. The molecule has 0 spiro atoms. The zero-order chi connectivity index (χ0) is 22.5. The van der Waals surface area contributed by atoms with Crippen molar-refractivity contribution in [3.8, 4) is 0 Å². The third kappa shape index (κ3) is 3.51. The zero-order valence-corrected chi connectivity index (χ0v) is 19.8. The summed E-state index contributed by atoms with van der Waals surface area (Å²) in [5.74, 6) is -1.29. The number of hydrogen-bond acceptors (Lipinski definition) is 4. The molecule has 0 aromatic heterocycles. The topological polar surface area (TPSA) is 120 Å². The quantitative estimate of drug-likeness (QED) is 0.674. The highest BCUT2D eigenvalue weighted by Gasteiger charge is 2.66. The first-order valence-corrected chi connectivity index (χ1v) is 12.4. The molecule has 0 aromatic carbocycles. The molecule has 2 aliphatic carbocycles. The van der Waals surface area contributed by atoms with Crippen molar-refractivity contribution in [1.82, 2.24) is 0 Å². The summed E-state index contributed by atoms with van der Waals surface area (Å²) < 4.78 is 25.1. The van der Waals surface area contributed by atoms with Gasteiger partial charge in [-0.25, -0.2) is 8.42 Å². The van der Waals surface area contributed by atoms with Crippen LogP contribution in [0.1, 0.15) is 92.9 Å². The van der Waals surface area contributed by atoms with Gasteiger partial charge >= 0.3 is 0 Å². The van der Waals surface area contributed by atoms with Crippen molar-refractivity contribution in [2.45, 2.75) is 102 Å². The molecule has 2 aliphatic rings. The Hall–Kier alpha value is -1.11. The average molecular weight is 429 g/mol. The molecule has 0 saturated heterocycles. The zero-order valence-electron chi connectivity index (χ0n) is 19.0. The van der Waals surface area contributed by atoms with Crippen LogP contribution in [0.5, 0.6) is 0 Å². The smallest absolute Gasteiger partial charge is 0.238 e. The first kappa shape index (κ1) is 24.2. The fraction of sp³-hybridized carbons (Fsp3) is 0.909. The molecule has 0 heterocycles. The highest BCUT2D eigenvalue weighted by molar-refractivity contribution is 7.95. The Morgan fingerprint density at radius 2 is 1.03 bits per heavy atom.